The van der Waals surface area contributed by atoms with E-state index in [0.29, 0.717) is 66.8 Å². The fourth-order valence-electron chi connectivity index (χ4n) is 12.7. The summed E-state index contributed by atoms with van der Waals surface area (Å²) in [6.07, 6.45) is 0. The monoisotopic (exact) mass is 1110 g/mol. The summed E-state index contributed by atoms with van der Waals surface area (Å²) < 4.78 is 157. The van der Waals surface area contributed by atoms with Crippen LogP contribution in [-0.4, -0.2) is 0 Å². The van der Waals surface area contributed by atoms with Gasteiger partial charge in [-0.1, -0.05) is 267 Å². The third-order valence-corrected chi connectivity index (χ3v) is 16.6. The van der Waals surface area contributed by atoms with E-state index in [0.717, 1.165) is 65.3 Å². The Bertz CT molecular complexity index is 6540. The molecule has 2 heterocycles. The molecule has 0 fully saturated rings. The van der Waals surface area contributed by atoms with Crippen LogP contribution in [0.2, 0.25) is 0 Å². The van der Waals surface area contributed by atoms with Crippen LogP contribution in [0.5, 0.6) is 0 Å². The molecule has 18 aromatic rings. The molecule has 0 radical (unpaired) electrons. The molecule has 0 atom stereocenters. The van der Waals surface area contributed by atoms with E-state index in [1.807, 2.05) is 188 Å². The molecule has 0 aliphatic heterocycles. The maximum atomic E-state index is 9.37. The number of hydrogen-bond donors (Lipinski definition) is 0. The van der Waals surface area contributed by atoms with Crippen molar-refractivity contribution in [2.75, 3.05) is 0 Å². The molecule has 0 aliphatic carbocycles. The molecule has 86 heavy (non-hydrogen) atoms. The summed E-state index contributed by atoms with van der Waals surface area (Å²) in [5.74, 6) is 0. The van der Waals surface area contributed by atoms with Gasteiger partial charge in [0.2, 0.25) is 0 Å². The van der Waals surface area contributed by atoms with E-state index in [4.69, 9.17) is 19.8 Å². The second-order valence-corrected chi connectivity index (χ2v) is 21.3. The summed E-state index contributed by atoms with van der Waals surface area (Å²) in [5, 5.41) is 8.22. The van der Waals surface area contributed by atoms with Gasteiger partial charge in [0.05, 0.1) is 21.9 Å². The zero-order valence-corrected chi connectivity index (χ0v) is 45.6. The van der Waals surface area contributed by atoms with Crippen molar-refractivity contribution in [1.29, 1.82) is 0 Å². The molecular formula is C84H52O2. The average Bonchev–Trinajstić information content (AvgIpc) is 0.738. The fourth-order valence-corrected chi connectivity index (χ4v) is 12.7. The highest BCUT2D eigenvalue weighted by molar-refractivity contribution is 6.26. The Morgan fingerprint density at radius 3 is 0.988 bits per heavy atom. The first-order chi connectivity index (χ1) is 49.3. The van der Waals surface area contributed by atoms with Crippen molar-refractivity contribution < 1.29 is 30.8 Å². The molecule has 2 aromatic heterocycles. The van der Waals surface area contributed by atoms with Gasteiger partial charge >= 0.3 is 0 Å². The van der Waals surface area contributed by atoms with Crippen molar-refractivity contribution in [3.05, 3.63) is 315 Å². The minimum atomic E-state index is -0.431. The first kappa shape index (κ1) is 35.6. The Labute approximate surface area is 519 Å². The molecule has 0 aliphatic rings. The number of benzene rings is 16. The van der Waals surface area contributed by atoms with Gasteiger partial charge in [-0.25, -0.2) is 0 Å². The molecule has 0 saturated carbocycles. The van der Waals surface area contributed by atoms with Crippen LogP contribution >= 0.6 is 0 Å². The Morgan fingerprint density at radius 2 is 0.523 bits per heavy atom. The highest BCUT2D eigenvalue weighted by Gasteiger charge is 2.22. The largest absolute Gasteiger partial charge is 0.456 e. The lowest BCUT2D eigenvalue weighted by atomic mass is 9.83. The van der Waals surface area contributed by atoms with Gasteiger partial charge in [-0.2, -0.15) is 0 Å². The highest BCUT2D eigenvalue weighted by Crippen LogP contribution is 2.49. The number of fused-ring (bicyclic) bond motifs is 12. The van der Waals surface area contributed by atoms with E-state index in [-0.39, 0.29) is 91.4 Å². The molecule has 2 heteroatoms. The van der Waals surface area contributed by atoms with E-state index in [2.05, 4.69) is 6.07 Å². The van der Waals surface area contributed by atoms with Crippen LogP contribution in [0.4, 0.5) is 0 Å². The second kappa shape index (κ2) is 20.2. The normalized spacial score (nSPS) is 14.3. The van der Waals surface area contributed by atoms with E-state index in [9.17, 15) is 11.0 Å². The Balaban J connectivity index is 0.000000152. The van der Waals surface area contributed by atoms with Crippen molar-refractivity contribution in [2.24, 2.45) is 0 Å². The lowest BCUT2D eigenvalue weighted by Gasteiger charge is -2.19. The molecule has 0 amide bonds. The van der Waals surface area contributed by atoms with Crippen molar-refractivity contribution in [2.45, 2.75) is 0 Å². The summed E-state index contributed by atoms with van der Waals surface area (Å²) in [5.41, 5.74) is 10.2. The number of para-hydroxylation sites is 2. The standard InChI is InChI=1S/2C42H26O/c1-2-10-27(11-3-1)28-18-19-30-25-31(21-20-29(30)24-28)41-34-13-4-6-15-36(34)42(37-16-7-5-14-35(37)41)32-22-23-40-38(26-32)33-12-8-9-17-39(33)43-40;1-2-12-27(13-3-1)29-23-24-37(31-15-5-4-14-30(29)31)42-35-19-8-6-17-33(35)41(34-18-7-9-20-36(34)42)28-22-25-40-38(26-28)32-16-10-11-21-39(32)43-40/h2*1-26H/i4D,5D,6D,7D,13D,14D,15D,16D;6D,7D,8D,9D,17D,18D,19D,20D. The molecule has 0 bridgehead atoms. The van der Waals surface area contributed by atoms with E-state index >= 15 is 0 Å². The van der Waals surface area contributed by atoms with Crippen LogP contribution in [-0.2, 0) is 0 Å². The molecule has 16 aromatic carbocycles. The Kier molecular flexibility index (Phi) is 8.38. The lowest BCUT2D eigenvalue weighted by Crippen LogP contribution is -1.92. The van der Waals surface area contributed by atoms with Crippen LogP contribution in [0, 0.1) is 0 Å². The van der Waals surface area contributed by atoms with Gasteiger partial charge in [0, 0.05) is 21.5 Å². The molecule has 18 rings (SSSR count). The smallest absolute Gasteiger partial charge is 0.135 e. The quantitative estimate of drug-likeness (QED) is 0.155. The van der Waals surface area contributed by atoms with E-state index < -0.39 is 48.3 Å². The number of rotatable bonds is 6. The van der Waals surface area contributed by atoms with Crippen molar-refractivity contribution in [1.82, 2.24) is 0 Å². The summed E-state index contributed by atoms with van der Waals surface area (Å²) in [6.45, 7) is 0. The molecule has 0 unspecified atom stereocenters. The van der Waals surface area contributed by atoms with E-state index in [1.54, 1.807) is 24.3 Å². The third kappa shape index (κ3) is 8.10. The predicted octanol–water partition coefficient (Wildman–Crippen LogP) is 24.1. The predicted molar refractivity (Wildman–Crippen MR) is 365 cm³/mol. The number of furan rings is 2. The lowest BCUT2D eigenvalue weighted by molar-refractivity contribution is 0.668. The van der Waals surface area contributed by atoms with Crippen LogP contribution in [0.1, 0.15) is 21.9 Å². The van der Waals surface area contributed by atoms with Crippen molar-refractivity contribution in [3.63, 3.8) is 0 Å². The third-order valence-electron chi connectivity index (χ3n) is 16.6. The van der Waals surface area contributed by atoms with Crippen LogP contribution in [0.3, 0.4) is 0 Å². The average molecular weight is 1110 g/mol. The van der Waals surface area contributed by atoms with Crippen molar-refractivity contribution >= 4 is 109 Å². The maximum Gasteiger partial charge on any atom is 0.135 e. The van der Waals surface area contributed by atoms with Gasteiger partial charge in [-0.05, 0) is 180 Å². The van der Waals surface area contributed by atoms with Gasteiger partial charge in [0.15, 0.2) is 0 Å². The first-order valence-corrected chi connectivity index (χ1v) is 28.2. The molecular weight excluding hydrogens is 1040 g/mol. The fraction of sp³-hybridized carbons (Fsp3) is 0. The van der Waals surface area contributed by atoms with Gasteiger partial charge in [-0.15, -0.1) is 0 Å². The maximum absolute atomic E-state index is 9.37. The SMILES string of the molecule is [2H]c1c([2H])c([2H])c2c(-c3ccc(-c4ccccc4)c4ccccc34)c3c([2H])c([2H])c([2H])c([2H])c3c(-c3ccc4oc5ccccc5c4c3)c2c1[2H].[2H]c1c([2H])c([2H])c2c(-c3ccc4oc5ccccc5c4c3)c3c([2H])c([2H])c([2H])c([2H])c3c(-c3ccc4cc(-c5ccccc5)ccc4c3)c2c1[2H]. The highest BCUT2D eigenvalue weighted by atomic mass is 16.3. The Hall–Kier alpha value is -11.3. The summed E-state index contributed by atoms with van der Waals surface area (Å²) in [6, 6.07) is 63.8. The molecule has 0 saturated heterocycles. The Morgan fingerprint density at radius 1 is 0.198 bits per heavy atom. The van der Waals surface area contributed by atoms with Crippen molar-refractivity contribution in [3.8, 4) is 66.8 Å². The molecule has 0 spiro atoms. The summed E-state index contributed by atoms with van der Waals surface area (Å²) in [4.78, 5) is 0. The zero-order chi connectivity index (χ0) is 70.6. The van der Waals surface area contributed by atoms with Gasteiger partial charge in [0.25, 0.3) is 0 Å². The zero-order valence-electron chi connectivity index (χ0n) is 61.6. The molecule has 0 N–H and O–H groups in total. The molecule has 2 nitrogen and oxygen atoms in total. The summed E-state index contributed by atoms with van der Waals surface area (Å²) >= 11 is 0. The first-order valence-electron chi connectivity index (χ1n) is 36.2. The minimum Gasteiger partial charge on any atom is -0.456 e. The molecule has 400 valence electrons. The van der Waals surface area contributed by atoms with Gasteiger partial charge < -0.3 is 8.83 Å². The van der Waals surface area contributed by atoms with E-state index in [1.165, 1.54) is 0 Å². The van der Waals surface area contributed by atoms with Crippen LogP contribution in [0.25, 0.3) is 175 Å². The van der Waals surface area contributed by atoms with Crippen LogP contribution < -0.4 is 0 Å². The second-order valence-electron chi connectivity index (χ2n) is 21.3. The topological polar surface area (TPSA) is 26.3 Å². The van der Waals surface area contributed by atoms with Crippen LogP contribution in [0.15, 0.2) is 324 Å². The van der Waals surface area contributed by atoms with Gasteiger partial charge in [0.1, 0.15) is 22.3 Å². The minimum absolute atomic E-state index is 0.178. The number of hydrogen-bond acceptors (Lipinski definition) is 2. The van der Waals surface area contributed by atoms with Gasteiger partial charge in [-0.3, -0.25) is 0 Å². The summed E-state index contributed by atoms with van der Waals surface area (Å²) in [7, 11) is 0.